The van der Waals surface area contributed by atoms with Gasteiger partial charge in [-0.25, -0.2) is 14.4 Å². The fraction of sp³-hybridized carbons (Fsp3) is 0.111. The van der Waals surface area contributed by atoms with Crippen LogP contribution in [0.3, 0.4) is 0 Å². The molecule has 1 atom stereocenters. The molecular formula is C27H21ClFN3O5S. The normalized spacial score (nSPS) is 16.0. The van der Waals surface area contributed by atoms with Crippen LogP contribution in [0.1, 0.15) is 17.2 Å². The van der Waals surface area contributed by atoms with Crippen molar-refractivity contribution in [2.75, 3.05) is 11.6 Å². The van der Waals surface area contributed by atoms with Crippen molar-refractivity contribution in [3.05, 3.63) is 113 Å². The van der Waals surface area contributed by atoms with E-state index >= 15 is 0 Å². The smallest absolute Gasteiger partial charge is 0.305 e. The van der Waals surface area contributed by atoms with Gasteiger partial charge in [0.05, 0.1) is 16.8 Å². The molecule has 0 bridgehead atoms. The van der Waals surface area contributed by atoms with Crippen molar-refractivity contribution in [2.45, 2.75) is 12.7 Å². The van der Waals surface area contributed by atoms with Gasteiger partial charge in [-0.15, -0.1) is 0 Å². The summed E-state index contributed by atoms with van der Waals surface area (Å²) in [4.78, 5) is 8.72. The second-order valence-electron chi connectivity index (χ2n) is 8.41. The van der Waals surface area contributed by atoms with Gasteiger partial charge < -0.3 is 19.0 Å². The molecule has 194 valence electrons. The number of nitrogens with one attached hydrogen (secondary N) is 1. The average Bonchev–Trinajstić information content (AvgIpc) is 3.36. The van der Waals surface area contributed by atoms with E-state index in [1.54, 1.807) is 42.5 Å². The van der Waals surface area contributed by atoms with Crippen LogP contribution in [-0.4, -0.2) is 24.6 Å². The van der Waals surface area contributed by atoms with Crippen LogP contribution >= 0.6 is 11.6 Å². The first-order valence-corrected chi connectivity index (χ1v) is 13.5. The van der Waals surface area contributed by atoms with E-state index < -0.39 is 16.2 Å². The summed E-state index contributed by atoms with van der Waals surface area (Å²) in [7, 11) is -3.63. The highest BCUT2D eigenvalue weighted by Crippen LogP contribution is 2.34. The summed E-state index contributed by atoms with van der Waals surface area (Å²) in [5.41, 5.74) is 2.90. The Labute approximate surface area is 223 Å². The van der Waals surface area contributed by atoms with Gasteiger partial charge in [0.1, 0.15) is 42.7 Å². The molecule has 8 nitrogen and oxygen atoms in total. The third kappa shape index (κ3) is 6.21. The Morgan fingerprint density at radius 2 is 2.00 bits per heavy atom. The zero-order chi connectivity index (χ0) is 26.7. The van der Waals surface area contributed by atoms with E-state index in [0.29, 0.717) is 33.4 Å². The van der Waals surface area contributed by atoms with Crippen molar-refractivity contribution < 1.29 is 26.5 Å². The predicted octanol–water partition coefficient (Wildman–Crippen LogP) is 6.19. The standard InChI is InChI=1S/C27H21ClFN3O5S/c1-38(33,34)36-15-21-7-10-25(37-21)18-5-8-24-22(12-18)27(31-16-30-24)32-20-6-9-26(23(28)13-20)35-14-17-3-2-4-19(29)11-17/h2-13,15-16,25H,14H2,1H3,(H,30,31,32). The summed E-state index contributed by atoms with van der Waals surface area (Å²) >= 11 is 6.44. The number of ether oxygens (including phenoxy) is 2. The van der Waals surface area contributed by atoms with Gasteiger partial charge in [-0.1, -0.05) is 29.8 Å². The second kappa shape index (κ2) is 10.7. The summed E-state index contributed by atoms with van der Waals surface area (Å²) < 4.78 is 52.1. The molecule has 0 spiro atoms. The molecule has 0 radical (unpaired) electrons. The fourth-order valence-electron chi connectivity index (χ4n) is 3.76. The number of aromatic nitrogens is 2. The van der Waals surface area contributed by atoms with Gasteiger partial charge in [0.25, 0.3) is 0 Å². The van der Waals surface area contributed by atoms with Crippen LogP contribution in [0.5, 0.6) is 5.75 Å². The highest BCUT2D eigenvalue weighted by molar-refractivity contribution is 7.86. The van der Waals surface area contributed by atoms with E-state index in [4.69, 9.17) is 21.1 Å². The molecule has 3 aromatic carbocycles. The number of hydrogen-bond acceptors (Lipinski definition) is 8. The summed E-state index contributed by atoms with van der Waals surface area (Å²) in [6.07, 6.45) is 6.46. The largest absolute Gasteiger partial charge is 0.487 e. The Kier molecular flexibility index (Phi) is 7.17. The molecule has 0 saturated heterocycles. The lowest BCUT2D eigenvalue weighted by Gasteiger charge is -2.14. The first-order valence-electron chi connectivity index (χ1n) is 11.4. The third-order valence-electron chi connectivity index (χ3n) is 5.50. The molecule has 1 aliphatic rings. The highest BCUT2D eigenvalue weighted by atomic mass is 35.5. The molecule has 1 unspecified atom stereocenters. The Morgan fingerprint density at radius 1 is 1.13 bits per heavy atom. The van der Waals surface area contributed by atoms with Gasteiger partial charge >= 0.3 is 10.1 Å². The topological polar surface area (TPSA) is 99.6 Å². The number of rotatable bonds is 8. The van der Waals surface area contributed by atoms with Crippen molar-refractivity contribution in [3.63, 3.8) is 0 Å². The average molecular weight is 554 g/mol. The van der Waals surface area contributed by atoms with Gasteiger partial charge in [0, 0.05) is 11.1 Å². The lowest BCUT2D eigenvalue weighted by molar-refractivity contribution is 0.177. The molecule has 0 aliphatic carbocycles. The zero-order valence-electron chi connectivity index (χ0n) is 20.0. The van der Waals surface area contributed by atoms with Gasteiger partial charge in [0.2, 0.25) is 0 Å². The van der Waals surface area contributed by atoms with Crippen LogP contribution in [0.15, 0.2) is 91.2 Å². The van der Waals surface area contributed by atoms with Crippen molar-refractivity contribution in [2.24, 2.45) is 0 Å². The van der Waals surface area contributed by atoms with Crippen LogP contribution in [0, 0.1) is 5.82 Å². The highest BCUT2D eigenvalue weighted by Gasteiger charge is 2.19. The molecule has 0 saturated carbocycles. The zero-order valence-corrected chi connectivity index (χ0v) is 21.5. The van der Waals surface area contributed by atoms with E-state index in [0.717, 1.165) is 23.5 Å². The maximum atomic E-state index is 13.4. The maximum absolute atomic E-state index is 13.4. The summed E-state index contributed by atoms with van der Waals surface area (Å²) in [5.74, 6) is 0.979. The maximum Gasteiger partial charge on any atom is 0.305 e. The predicted molar refractivity (Wildman–Crippen MR) is 142 cm³/mol. The van der Waals surface area contributed by atoms with Crippen LogP contribution < -0.4 is 10.1 Å². The fourth-order valence-corrected chi connectivity index (χ4v) is 4.26. The van der Waals surface area contributed by atoms with Crippen LogP contribution in [0.25, 0.3) is 10.9 Å². The minimum Gasteiger partial charge on any atom is -0.487 e. The Hall–Kier alpha value is -4.15. The van der Waals surface area contributed by atoms with E-state index in [9.17, 15) is 12.8 Å². The Balaban J connectivity index is 1.32. The van der Waals surface area contributed by atoms with Gasteiger partial charge in [-0.2, -0.15) is 8.42 Å². The first-order chi connectivity index (χ1) is 18.2. The minimum atomic E-state index is -3.63. The monoisotopic (exact) mass is 553 g/mol. The molecule has 1 N–H and O–H groups in total. The van der Waals surface area contributed by atoms with Gasteiger partial charge in [0.15, 0.2) is 5.76 Å². The van der Waals surface area contributed by atoms with Crippen molar-refractivity contribution in [3.8, 4) is 5.75 Å². The lowest BCUT2D eigenvalue weighted by Crippen LogP contribution is -2.01. The molecule has 1 aromatic heterocycles. The van der Waals surface area contributed by atoms with E-state index in [1.807, 2.05) is 18.2 Å². The number of nitrogens with zero attached hydrogens (tertiary/aromatic N) is 2. The van der Waals surface area contributed by atoms with E-state index in [-0.39, 0.29) is 18.2 Å². The van der Waals surface area contributed by atoms with Crippen molar-refractivity contribution in [1.82, 2.24) is 9.97 Å². The lowest BCUT2D eigenvalue weighted by atomic mass is 10.1. The molecule has 0 amide bonds. The first kappa shape index (κ1) is 25.5. The van der Waals surface area contributed by atoms with Crippen LogP contribution in [0.2, 0.25) is 5.02 Å². The minimum absolute atomic E-state index is 0.179. The molecule has 5 rings (SSSR count). The number of fused-ring (bicyclic) bond motifs is 1. The number of benzene rings is 3. The van der Waals surface area contributed by atoms with E-state index in [2.05, 4.69) is 19.5 Å². The molecule has 38 heavy (non-hydrogen) atoms. The summed E-state index contributed by atoms with van der Waals surface area (Å²) in [6, 6.07) is 17.0. The summed E-state index contributed by atoms with van der Waals surface area (Å²) in [5, 5.41) is 4.39. The molecule has 4 aromatic rings. The van der Waals surface area contributed by atoms with Gasteiger partial charge in [-0.05, 0) is 65.7 Å². The molecule has 1 aliphatic heterocycles. The quantitative estimate of drug-likeness (QED) is 0.204. The third-order valence-corrected chi connectivity index (χ3v) is 6.24. The molecule has 2 heterocycles. The van der Waals surface area contributed by atoms with Crippen molar-refractivity contribution >= 4 is 44.1 Å². The Morgan fingerprint density at radius 3 is 2.79 bits per heavy atom. The van der Waals surface area contributed by atoms with Gasteiger partial charge in [-0.3, -0.25) is 0 Å². The van der Waals surface area contributed by atoms with Crippen molar-refractivity contribution in [1.29, 1.82) is 0 Å². The SMILES string of the molecule is CS(=O)(=O)OC=C1C=CC(c2ccc3ncnc(Nc4ccc(OCc5cccc(F)c5)c(Cl)c4)c3c2)O1. The summed E-state index contributed by atoms with van der Waals surface area (Å²) in [6.45, 7) is 0.179. The molecule has 0 fully saturated rings. The van der Waals surface area contributed by atoms with Crippen LogP contribution in [0.4, 0.5) is 15.9 Å². The Bertz CT molecular complexity index is 1680. The number of halogens is 2. The number of anilines is 2. The molecule has 11 heteroatoms. The van der Waals surface area contributed by atoms with Crippen LogP contribution in [-0.2, 0) is 25.6 Å². The second-order valence-corrected chi connectivity index (χ2v) is 10.4. The number of allylic oxidation sites excluding steroid dienone is 1. The van der Waals surface area contributed by atoms with E-state index in [1.165, 1.54) is 18.5 Å². The number of hydrogen-bond donors (Lipinski definition) is 1. The molecular weight excluding hydrogens is 533 g/mol.